The fraction of sp³-hybridized carbons (Fsp3) is 0. The number of hydrogen-bond acceptors (Lipinski definition) is 7. The van der Waals surface area contributed by atoms with E-state index in [1.165, 1.54) is 24.3 Å². The number of benzene rings is 2. The second-order valence-electron chi connectivity index (χ2n) is 4.37. The average Bonchev–Trinajstić information content (AvgIpc) is 2.44. The Labute approximate surface area is 191 Å². The van der Waals surface area contributed by atoms with Gasteiger partial charge < -0.3 is 8.59 Å². The van der Waals surface area contributed by atoms with Crippen LogP contribution in [0.5, 0.6) is 0 Å². The summed E-state index contributed by atoms with van der Waals surface area (Å²) in [5.74, 6) is 0. The molecule has 0 fully saturated rings. The molecule has 0 bridgehead atoms. The van der Waals surface area contributed by atoms with Gasteiger partial charge in [0.15, 0.2) is 0 Å². The standard InChI is InChI=1S/C12H11N3O6S2.2Na.2H/c13-11-6-3-9(7-12(11)23(19,20)21)15-14-8-1-4-10(5-2-8)22(16,17)18;;;;/h1-7H,13H2,(H,16,17,18)(H,19,20,21);;;;/q;2*+1;2*-1. The van der Waals surface area contributed by atoms with Crippen molar-refractivity contribution in [3.63, 3.8) is 0 Å². The quantitative estimate of drug-likeness (QED) is 0.205. The van der Waals surface area contributed by atoms with Crippen molar-refractivity contribution in [3.8, 4) is 0 Å². The van der Waals surface area contributed by atoms with Crippen LogP contribution in [-0.2, 0) is 20.2 Å². The van der Waals surface area contributed by atoms with Gasteiger partial charge in [0.1, 0.15) is 4.90 Å². The summed E-state index contributed by atoms with van der Waals surface area (Å²) in [6, 6.07) is 8.55. The van der Waals surface area contributed by atoms with Crippen LogP contribution in [0.15, 0.2) is 62.5 Å². The molecule has 0 saturated heterocycles. The summed E-state index contributed by atoms with van der Waals surface area (Å²) in [5.41, 5.74) is 5.70. The average molecular weight is 405 g/mol. The van der Waals surface area contributed by atoms with Crippen LogP contribution in [0.4, 0.5) is 17.1 Å². The molecule has 0 saturated carbocycles. The van der Waals surface area contributed by atoms with Gasteiger partial charge in [-0.05, 0) is 42.5 Å². The monoisotopic (exact) mass is 405 g/mol. The third-order valence-corrected chi connectivity index (χ3v) is 4.47. The van der Waals surface area contributed by atoms with Gasteiger partial charge >= 0.3 is 59.1 Å². The van der Waals surface area contributed by atoms with E-state index in [4.69, 9.17) is 14.8 Å². The molecular formula is C12H13N3Na2O6S2. The molecule has 0 spiro atoms. The van der Waals surface area contributed by atoms with Gasteiger partial charge in [-0.25, -0.2) is 0 Å². The van der Waals surface area contributed by atoms with Gasteiger partial charge in [-0.1, -0.05) is 0 Å². The summed E-state index contributed by atoms with van der Waals surface area (Å²) >= 11 is 0. The molecule has 9 nitrogen and oxygen atoms in total. The number of nitrogens with zero attached hydrogens (tertiary/aromatic N) is 2. The van der Waals surface area contributed by atoms with Crippen molar-refractivity contribution in [1.29, 1.82) is 0 Å². The van der Waals surface area contributed by atoms with Crippen molar-refractivity contribution in [3.05, 3.63) is 42.5 Å². The predicted molar refractivity (Wildman–Crippen MR) is 83.3 cm³/mol. The maximum Gasteiger partial charge on any atom is 1.00 e. The van der Waals surface area contributed by atoms with Crippen LogP contribution in [-0.4, -0.2) is 25.9 Å². The Bertz CT molecular complexity index is 987. The van der Waals surface area contributed by atoms with E-state index >= 15 is 0 Å². The minimum atomic E-state index is -4.48. The first-order valence-electron chi connectivity index (χ1n) is 5.94. The minimum Gasteiger partial charge on any atom is -1.00 e. The van der Waals surface area contributed by atoms with E-state index in [-0.39, 0.29) is 83.9 Å². The molecular weight excluding hydrogens is 392 g/mol. The topological polar surface area (TPSA) is 159 Å². The number of azo groups is 1. The SMILES string of the molecule is Nc1ccc(N=Nc2ccc(S(=O)(=O)O)cc2)cc1S(=O)(=O)O.[H-].[H-].[Na+].[Na+]. The molecule has 13 heteroatoms. The van der Waals surface area contributed by atoms with Crippen molar-refractivity contribution in [2.24, 2.45) is 10.2 Å². The summed E-state index contributed by atoms with van der Waals surface area (Å²) in [6.07, 6.45) is 0. The Hall–Kier alpha value is -0.340. The van der Waals surface area contributed by atoms with Gasteiger partial charge in [0.25, 0.3) is 20.2 Å². The fourth-order valence-corrected chi connectivity index (χ4v) is 2.72. The van der Waals surface area contributed by atoms with E-state index in [2.05, 4.69) is 10.2 Å². The van der Waals surface area contributed by atoms with Crippen molar-refractivity contribution in [2.75, 3.05) is 5.73 Å². The molecule has 0 aliphatic rings. The van der Waals surface area contributed by atoms with Gasteiger partial charge in [-0.2, -0.15) is 27.1 Å². The number of nitrogen functional groups attached to an aromatic ring is 1. The van der Waals surface area contributed by atoms with Gasteiger partial charge in [0, 0.05) is 0 Å². The van der Waals surface area contributed by atoms with E-state index in [0.29, 0.717) is 0 Å². The maximum atomic E-state index is 11.1. The van der Waals surface area contributed by atoms with E-state index in [1.807, 2.05) is 0 Å². The number of anilines is 1. The van der Waals surface area contributed by atoms with Crippen LogP contribution in [0.3, 0.4) is 0 Å². The smallest absolute Gasteiger partial charge is 1.00 e. The minimum absolute atomic E-state index is 0. The van der Waals surface area contributed by atoms with Crippen molar-refractivity contribution >= 4 is 37.3 Å². The molecule has 0 aliphatic heterocycles. The summed E-state index contributed by atoms with van der Waals surface area (Å²) in [6.45, 7) is 0. The first-order chi connectivity index (χ1) is 10.6. The maximum absolute atomic E-state index is 11.1. The molecule has 2 rings (SSSR count). The molecule has 0 radical (unpaired) electrons. The Morgan fingerprint density at radius 3 is 1.76 bits per heavy atom. The molecule has 0 aliphatic carbocycles. The fourth-order valence-electron chi connectivity index (χ4n) is 1.61. The summed E-state index contributed by atoms with van der Waals surface area (Å²) in [7, 11) is -8.78. The number of nitrogens with two attached hydrogens (primary N) is 1. The molecule has 0 heterocycles. The zero-order chi connectivity index (χ0) is 17.3. The van der Waals surface area contributed by atoms with Crippen LogP contribution >= 0.6 is 0 Å². The zero-order valence-electron chi connectivity index (χ0n) is 15.4. The van der Waals surface area contributed by atoms with Gasteiger partial charge in [0.05, 0.1) is 22.0 Å². The van der Waals surface area contributed by atoms with Gasteiger partial charge in [-0.15, -0.1) is 0 Å². The largest absolute Gasteiger partial charge is 1.00 e. The Kier molecular flexibility index (Phi) is 9.42. The first-order valence-corrected chi connectivity index (χ1v) is 8.82. The van der Waals surface area contributed by atoms with Gasteiger partial charge in [0.2, 0.25) is 0 Å². The Morgan fingerprint density at radius 2 is 1.28 bits per heavy atom. The van der Waals surface area contributed by atoms with Crippen LogP contribution in [0.1, 0.15) is 2.85 Å². The summed E-state index contributed by atoms with van der Waals surface area (Å²) < 4.78 is 61.9. The Balaban J connectivity index is -0.00000144. The third kappa shape index (κ3) is 7.06. The molecule has 2 aromatic rings. The van der Waals surface area contributed by atoms with Crippen LogP contribution in [0.2, 0.25) is 0 Å². The molecule has 126 valence electrons. The summed E-state index contributed by atoms with van der Waals surface area (Å²) in [5, 5.41) is 7.55. The molecule has 4 N–H and O–H groups in total. The van der Waals surface area contributed by atoms with E-state index in [9.17, 15) is 16.8 Å². The van der Waals surface area contributed by atoms with Gasteiger partial charge in [-0.3, -0.25) is 9.11 Å². The molecule has 0 aromatic heterocycles. The van der Waals surface area contributed by atoms with Crippen LogP contribution in [0, 0.1) is 0 Å². The second-order valence-corrected chi connectivity index (χ2v) is 7.18. The van der Waals surface area contributed by atoms with Crippen LogP contribution < -0.4 is 64.8 Å². The Morgan fingerprint density at radius 1 is 0.800 bits per heavy atom. The normalized spacial score (nSPS) is 11.6. The van der Waals surface area contributed by atoms with Crippen molar-refractivity contribution in [2.45, 2.75) is 9.79 Å². The zero-order valence-corrected chi connectivity index (χ0v) is 19.0. The molecule has 2 aromatic carbocycles. The van der Waals surface area contributed by atoms with E-state index in [0.717, 1.165) is 18.2 Å². The van der Waals surface area contributed by atoms with E-state index in [1.54, 1.807) is 0 Å². The van der Waals surface area contributed by atoms with Crippen LogP contribution in [0.25, 0.3) is 0 Å². The van der Waals surface area contributed by atoms with Crippen molar-refractivity contribution < 1.29 is 87.9 Å². The first kappa shape index (κ1) is 24.7. The number of rotatable bonds is 4. The van der Waals surface area contributed by atoms with Crippen molar-refractivity contribution in [1.82, 2.24) is 0 Å². The molecule has 0 amide bonds. The van der Waals surface area contributed by atoms with E-state index < -0.39 is 25.1 Å². The molecule has 0 atom stereocenters. The summed E-state index contributed by atoms with van der Waals surface area (Å²) in [4.78, 5) is -0.784. The number of hydrogen-bond donors (Lipinski definition) is 3. The molecule has 25 heavy (non-hydrogen) atoms. The predicted octanol–water partition coefficient (Wildman–Crippen LogP) is -3.59. The molecule has 0 unspecified atom stereocenters. The third-order valence-electron chi connectivity index (χ3n) is 2.69. The second kappa shape index (κ2) is 9.55.